The summed E-state index contributed by atoms with van der Waals surface area (Å²) in [5.41, 5.74) is -1.12. The van der Waals surface area contributed by atoms with Gasteiger partial charge in [0, 0.05) is 37.6 Å². The van der Waals surface area contributed by atoms with E-state index in [1.54, 1.807) is 52.6 Å². The standard InChI is InChI=1S/C30H37F3N6O4S/c1-18(2)42-23-10-9-21(36-26(40)22-17-44-27(37-22)20-11-12-34-35-14-20)25(24(23)30(31,32)33)39-13-7-8-19(16-39)15-38(6)28(41)43-29(3,4)5/h9-12,14,17-19H,7-8,13,15-16H2,1-6H3,(H,36,40)/t19-/m0/s1. The maximum Gasteiger partial charge on any atom is 0.422 e. The summed E-state index contributed by atoms with van der Waals surface area (Å²) in [6.07, 6.45) is -1.51. The fraction of sp³-hybridized carbons (Fsp3) is 0.500. The van der Waals surface area contributed by atoms with E-state index in [0.29, 0.717) is 36.5 Å². The predicted octanol–water partition coefficient (Wildman–Crippen LogP) is 6.74. The molecule has 10 nitrogen and oxygen atoms in total. The zero-order valence-electron chi connectivity index (χ0n) is 25.6. The molecule has 0 unspecified atom stereocenters. The van der Waals surface area contributed by atoms with Crippen molar-refractivity contribution >= 4 is 34.7 Å². The van der Waals surface area contributed by atoms with Gasteiger partial charge in [0.25, 0.3) is 5.91 Å². The predicted molar refractivity (Wildman–Crippen MR) is 162 cm³/mol. The SMILES string of the molecule is CC(C)Oc1ccc(NC(=O)c2csc(-c3ccnnc3)n2)c(N2CCC[C@@H](CN(C)C(=O)OC(C)(C)C)C2)c1C(F)(F)F. The zero-order valence-corrected chi connectivity index (χ0v) is 26.4. The van der Waals surface area contributed by atoms with Crippen molar-refractivity contribution in [3.63, 3.8) is 0 Å². The maximum atomic E-state index is 14.8. The van der Waals surface area contributed by atoms with E-state index in [2.05, 4.69) is 20.5 Å². The van der Waals surface area contributed by atoms with Crippen LogP contribution in [0.4, 0.5) is 29.3 Å². The third-order valence-corrected chi connectivity index (χ3v) is 7.57. The van der Waals surface area contributed by atoms with E-state index < -0.39 is 35.4 Å². The summed E-state index contributed by atoms with van der Waals surface area (Å²) < 4.78 is 55.5. The lowest BCUT2D eigenvalue weighted by Gasteiger charge is -2.38. The van der Waals surface area contributed by atoms with Gasteiger partial charge in [0.15, 0.2) is 0 Å². The number of benzene rings is 1. The number of hydrogen-bond acceptors (Lipinski definition) is 9. The summed E-state index contributed by atoms with van der Waals surface area (Å²) in [6, 6.07) is 4.35. The van der Waals surface area contributed by atoms with E-state index in [9.17, 15) is 22.8 Å². The van der Waals surface area contributed by atoms with Crippen LogP contribution in [0.2, 0.25) is 0 Å². The first-order valence-corrected chi connectivity index (χ1v) is 15.1. The Balaban J connectivity index is 1.67. The van der Waals surface area contributed by atoms with E-state index in [-0.39, 0.29) is 35.3 Å². The van der Waals surface area contributed by atoms with E-state index in [1.165, 1.54) is 46.1 Å². The summed E-state index contributed by atoms with van der Waals surface area (Å²) >= 11 is 1.21. The summed E-state index contributed by atoms with van der Waals surface area (Å²) in [6.45, 7) is 9.44. The van der Waals surface area contributed by atoms with Crippen molar-refractivity contribution in [3.8, 4) is 16.3 Å². The Morgan fingerprint density at radius 2 is 1.93 bits per heavy atom. The molecule has 4 rings (SSSR count). The number of rotatable bonds is 8. The number of carbonyl (C=O) groups is 2. The molecule has 3 aromatic rings. The smallest absolute Gasteiger partial charge is 0.422 e. The van der Waals surface area contributed by atoms with Crippen molar-refractivity contribution in [3.05, 3.63) is 47.2 Å². The van der Waals surface area contributed by atoms with Crippen LogP contribution in [-0.2, 0) is 10.9 Å². The number of aromatic nitrogens is 3. The molecule has 0 radical (unpaired) electrons. The van der Waals surface area contributed by atoms with E-state index in [0.717, 1.165) is 0 Å². The van der Waals surface area contributed by atoms with Gasteiger partial charge in [-0.25, -0.2) is 9.78 Å². The third kappa shape index (κ3) is 8.36. The second-order valence-corrected chi connectivity index (χ2v) is 12.8. The fourth-order valence-corrected chi connectivity index (χ4v) is 5.75. The second-order valence-electron chi connectivity index (χ2n) is 11.9. The van der Waals surface area contributed by atoms with Crippen molar-refractivity contribution in [2.75, 3.05) is 36.9 Å². The van der Waals surface area contributed by atoms with Crippen LogP contribution in [-0.4, -0.2) is 70.5 Å². The van der Waals surface area contributed by atoms with Gasteiger partial charge in [-0.15, -0.1) is 11.3 Å². The molecule has 1 atom stereocenters. The summed E-state index contributed by atoms with van der Waals surface area (Å²) in [7, 11) is 1.61. The maximum absolute atomic E-state index is 14.8. The highest BCUT2D eigenvalue weighted by atomic mass is 32.1. The van der Waals surface area contributed by atoms with Crippen LogP contribution in [0.3, 0.4) is 0 Å². The number of halogens is 3. The van der Waals surface area contributed by atoms with Crippen LogP contribution < -0.4 is 15.0 Å². The monoisotopic (exact) mass is 634 g/mol. The van der Waals surface area contributed by atoms with Gasteiger partial charge in [-0.2, -0.15) is 23.4 Å². The number of anilines is 2. The molecule has 0 saturated carbocycles. The molecule has 1 aromatic carbocycles. The molecule has 1 N–H and O–H groups in total. The minimum absolute atomic E-state index is 0.0142. The molecule has 1 aliphatic rings. The number of nitrogens with one attached hydrogen (secondary N) is 1. The van der Waals surface area contributed by atoms with Crippen molar-refractivity contribution in [1.82, 2.24) is 20.1 Å². The first kappa shape index (κ1) is 33.0. The summed E-state index contributed by atoms with van der Waals surface area (Å²) in [5.74, 6) is -1.12. The second kappa shape index (κ2) is 13.4. The highest BCUT2D eigenvalue weighted by molar-refractivity contribution is 7.13. The van der Waals surface area contributed by atoms with Crippen LogP contribution in [0.1, 0.15) is 63.5 Å². The number of carbonyl (C=O) groups excluding carboxylic acids is 2. The number of nitrogens with zero attached hydrogens (tertiary/aromatic N) is 5. The van der Waals surface area contributed by atoms with Gasteiger partial charge >= 0.3 is 12.3 Å². The Kier molecular flexibility index (Phi) is 10.0. The van der Waals surface area contributed by atoms with Crippen LogP contribution in [0.15, 0.2) is 36.0 Å². The summed E-state index contributed by atoms with van der Waals surface area (Å²) in [5, 5.41) is 12.3. The number of alkyl halides is 3. The zero-order chi connectivity index (χ0) is 32.2. The van der Waals surface area contributed by atoms with Gasteiger partial charge in [-0.3, -0.25) is 4.79 Å². The first-order chi connectivity index (χ1) is 20.6. The average molecular weight is 635 g/mol. The molecule has 14 heteroatoms. The Morgan fingerprint density at radius 3 is 2.57 bits per heavy atom. The van der Waals surface area contributed by atoms with Gasteiger partial charge in [-0.05, 0) is 71.6 Å². The van der Waals surface area contributed by atoms with Gasteiger partial charge in [0.2, 0.25) is 0 Å². The normalized spacial score (nSPS) is 15.7. The Bertz CT molecular complexity index is 1460. The van der Waals surface area contributed by atoms with Crippen molar-refractivity contribution in [2.24, 2.45) is 5.92 Å². The molecular formula is C30H37F3N6O4S. The van der Waals surface area contributed by atoms with Crippen molar-refractivity contribution < 1.29 is 32.2 Å². The molecule has 238 valence electrons. The molecule has 0 spiro atoms. The molecule has 3 heterocycles. The largest absolute Gasteiger partial charge is 0.490 e. The van der Waals surface area contributed by atoms with Crippen LogP contribution in [0.5, 0.6) is 5.75 Å². The van der Waals surface area contributed by atoms with E-state index in [1.807, 2.05) is 0 Å². The molecule has 0 bridgehead atoms. The van der Waals surface area contributed by atoms with Gasteiger partial charge in [0.1, 0.15) is 27.6 Å². The molecule has 2 aromatic heterocycles. The number of hydrogen-bond donors (Lipinski definition) is 1. The number of ether oxygens (including phenoxy) is 2. The highest BCUT2D eigenvalue weighted by Gasteiger charge is 2.41. The first-order valence-electron chi connectivity index (χ1n) is 14.3. The minimum atomic E-state index is -4.79. The fourth-order valence-electron chi connectivity index (χ4n) is 4.96. The van der Waals surface area contributed by atoms with Gasteiger partial charge < -0.3 is 24.6 Å². The van der Waals surface area contributed by atoms with Gasteiger partial charge in [0.05, 0.1) is 29.9 Å². The lowest BCUT2D eigenvalue weighted by Crippen LogP contribution is -2.43. The van der Waals surface area contributed by atoms with Crippen molar-refractivity contribution in [2.45, 2.75) is 65.3 Å². The number of piperidine rings is 1. The van der Waals surface area contributed by atoms with Crippen LogP contribution in [0, 0.1) is 5.92 Å². The number of amides is 2. The van der Waals surface area contributed by atoms with E-state index in [4.69, 9.17) is 9.47 Å². The molecule has 1 aliphatic heterocycles. The van der Waals surface area contributed by atoms with Crippen LogP contribution >= 0.6 is 11.3 Å². The Morgan fingerprint density at radius 1 is 1.18 bits per heavy atom. The third-order valence-electron chi connectivity index (χ3n) is 6.67. The Hall–Kier alpha value is -3.94. The minimum Gasteiger partial charge on any atom is -0.490 e. The highest BCUT2D eigenvalue weighted by Crippen LogP contribution is 2.48. The average Bonchev–Trinajstić information content (AvgIpc) is 3.43. The quantitative estimate of drug-likeness (QED) is 0.290. The molecule has 1 fully saturated rings. The lowest BCUT2D eigenvalue weighted by atomic mass is 9.95. The molecule has 0 aliphatic carbocycles. The molecule has 2 amide bonds. The summed E-state index contributed by atoms with van der Waals surface area (Å²) in [4.78, 5) is 33.3. The van der Waals surface area contributed by atoms with E-state index >= 15 is 0 Å². The molecular weight excluding hydrogens is 597 g/mol. The topological polar surface area (TPSA) is 110 Å². The lowest BCUT2D eigenvalue weighted by molar-refractivity contribution is -0.138. The van der Waals surface area contributed by atoms with Crippen molar-refractivity contribution in [1.29, 1.82) is 0 Å². The van der Waals surface area contributed by atoms with Gasteiger partial charge in [-0.1, -0.05) is 0 Å². The molecule has 1 saturated heterocycles. The van der Waals surface area contributed by atoms with Crippen LogP contribution in [0.25, 0.3) is 10.6 Å². The Labute approximate surface area is 258 Å². The number of thiazole rings is 1. The molecule has 44 heavy (non-hydrogen) atoms.